The number of nitrogens with zero attached hydrogens (tertiary/aromatic N) is 1. The lowest BCUT2D eigenvalue weighted by Crippen LogP contribution is -2.46. The first-order valence-electron chi connectivity index (χ1n) is 8.60. The molecule has 0 aliphatic rings. The average molecular weight is 441 g/mol. The van der Waals surface area contributed by atoms with Gasteiger partial charge in [0.1, 0.15) is 6.04 Å². The number of carbonyl (C=O) groups excluding carboxylic acids is 2. The van der Waals surface area contributed by atoms with Gasteiger partial charge in [-0.15, -0.1) is 0 Å². The highest BCUT2D eigenvalue weighted by molar-refractivity contribution is 6.36. The van der Waals surface area contributed by atoms with Crippen molar-refractivity contribution in [2.24, 2.45) is 11.0 Å². The molecule has 0 fully saturated rings. The second kappa shape index (κ2) is 10.5. The maximum absolute atomic E-state index is 12.5. The molecule has 2 aromatic carbocycles. The lowest BCUT2D eigenvalue weighted by Gasteiger charge is -2.19. The van der Waals surface area contributed by atoms with Crippen molar-refractivity contribution in [1.29, 1.82) is 0 Å². The van der Waals surface area contributed by atoms with Crippen LogP contribution in [0.5, 0.6) is 0 Å². The Hall–Kier alpha value is -2.08. The van der Waals surface area contributed by atoms with Gasteiger partial charge in [-0.05, 0) is 48.7 Å². The minimum absolute atomic E-state index is 0.191. The van der Waals surface area contributed by atoms with E-state index in [1.165, 1.54) is 6.21 Å². The van der Waals surface area contributed by atoms with Crippen molar-refractivity contribution >= 4 is 52.8 Å². The minimum atomic E-state index is -0.735. The number of nitrogens with one attached hydrogen (secondary N) is 2. The monoisotopic (exact) mass is 439 g/mol. The number of amides is 2. The predicted octanol–water partition coefficient (Wildman–Crippen LogP) is 4.94. The molecular weight excluding hydrogens is 421 g/mol. The Balaban J connectivity index is 2.04. The SMILES string of the molecule is CC(C)CC(NC(=O)c1ccc(Cl)cc1)C(=O)NN=Cc1ccc(Cl)cc1Cl. The second-order valence-corrected chi connectivity index (χ2v) is 7.84. The Kier molecular flexibility index (Phi) is 8.30. The Morgan fingerprint density at radius 1 is 1.04 bits per heavy atom. The van der Waals surface area contributed by atoms with Gasteiger partial charge < -0.3 is 5.32 Å². The predicted molar refractivity (Wildman–Crippen MR) is 114 cm³/mol. The number of hydrazone groups is 1. The number of rotatable bonds is 7. The summed E-state index contributed by atoms with van der Waals surface area (Å²) in [5.74, 6) is -0.588. The molecule has 0 saturated carbocycles. The molecule has 1 unspecified atom stereocenters. The van der Waals surface area contributed by atoms with Crippen LogP contribution < -0.4 is 10.7 Å². The highest BCUT2D eigenvalue weighted by Crippen LogP contribution is 2.19. The van der Waals surface area contributed by atoms with Crippen molar-refractivity contribution in [1.82, 2.24) is 10.7 Å². The number of halogens is 3. The van der Waals surface area contributed by atoms with E-state index in [9.17, 15) is 9.59 Å². The van der Waals surface area contributed by atoms with Crippen molar-refractivity contribution in [2.45, 2.75) is 26.3 Å². The van der Waals surface area contributed by atoms with Crippen LogP contribution in [0.2, 0.25) is 15.1 Å². The van der Waals surface area contributed by atoms with Crippen molar-refractivity contribution in [3.05, 3.63) is 68.7 Å². The van der Waals surface area contributed by atoms with E-state index in [1.54, 1.807) is 42.5 Å². The Labute approximate surface area is 179 Å². The van der Waals surface area contributed by atoms with Gasteiger partial charge in [-0.3, -0.25) is 9.59 Å². The summed E-state index contributed by atoms with van der Waals surface area (Å²) in [5, 5.41) is 8.13. The van der Waals surface area contributed by atoms with Crippen molar-refractivity contribution in [3.8, 4) is 0 Å². The molecule has 0 aliphatic carbocycles. The van der Waals surface area contributed by atoms with E-state index >= 15 is 0 Å². The first-order chi connectivity index (χ1) is 13.3. The number of carbonyl (C=O) groups is 2. The third kappa shape index (κ3) is 6.82. The Morgan fingerprint density at radius 2 is 1.68 bits per heavy atom. The lowest BCUT2D eigenvalue weighted by molar-refractivity contribution is -0.123. The third-order valence-electron chi connectivity index (χ3n) is 3.78. The van der Waals surface area contributed by atoms with Gasteiger partial charge in [0.05, 0.1) is 11.2 Å². The molecule has 2 aromatic rings. The van der Waals surface area contributed by atoms with Crippen molar-refractivity contribution in [3.63, 3.8) is 0 Å². The van der Waals surface area contributed by atoms with Crippen LogP contribution in [0.15, 0.2) is 47.6 Å². The molecule has 0 heterocycles. The van der Waals surface area contributed by atoms with Crippen LogP contribution in [0.4, 0.5) is 0 Å². The van der Waals surface area contributed by atoms with Crippen LogP contribution in [0.25, 0.3) is 0 Å². The van der Waals surface area contributed by atoms with Gasteiger partial charge in [0.2, 0.25) is 0 Å². The molecule has 0 saturated heterocycles. The van der Waals surface area contributed by atoms with E-state index in [0.29, 0.717) is 32.6 Å². The molecular formula is C20H20Cl3N3O2. The molecule has 148 valence electrons. The molecule has 0 spiro atoms. The van der Waals surface area contributed by atoms with Gasteiger partial charge in [-0.2, -0.15) is 5.10 Å². The van der Waals surface area contributed by atoms with Crippen LogP contribution >= 0.6 is 34.8 Å². The average Bonchev–Trinajstić information content (AvgIpc) is 2.63. The molecule has 28 heavy (non-hydrogen) atoms. The summed E-state index contributed by atoms with van der Waals surface area (Å²) >= 11 is 17.8. The van der Waals surface area contributed by atoms with Gasteiger partial charge in [0, 0.05) is 21.2 Å². The molecule has 2 amide bonds. The molecule has 0 bridgehead atoms. The highest BCUT2D eigenvalue weighted by atomic mass is 35.5. The molecule has 0 radical (unpaired) electrons. The Bertz CT molecular complexity index is 867. The summed E-state index contributed by atoms with van der Waals surface area (Å²) in [7, 11) is 0. The van der Waals surface area contributed by atoms with Crippen LogP contribution in [0.3, 0.4) is 0 Å². The van der Waals surface area contributed by atoms with Gasteiger partial charge in [0.25, 0.3) is 11.8 Å². The van der Waals surface area contributed by atoms with Gasteiger partial charge in [0.15, 0.2) is 0 Å². The fourth-order valence-corrected chi connectivity index (χ4v) is 2.98. The summed E-state index contributed by atoms with van der Waals surface area (Å²) in [6.45, 7) is 3.93. The first-order valence-corrected chi connectivity index (χ1v) is 9.74. The molecule has 2 N–H and O–H groups in total. The summed E-state index contributed by atoms with van der Waals surface area (Å²) in [4.78, 5) is 24.9. The zero-order valence-electron chi connectivity index (χ0n) is 15.4. The van der Waals surface area contributed by atoms with Crippen LogP contribution in [-0.2, 0) is 4.79 Å². The van der Waals surface area contributed by atoms with E-state index in [4.69, 9.17) is 34.8 Å². The van der Waals surface area contributed by atoms with E-state index < -0.39 is 11.9 Å². The normalized spacial score (nSPS) is 12.2. The summed E-state index contributed by atoms with van der Waals surface area (Å²) in [5.41, 5.74) is 3.47. The lowest BCUT2D eigenvalue weighted by atomic mass is 10.0. The standard InChI is InChI=1S/C20H20Cl3N3O2/c1-12(2)9-18(25-19(27)13-3-6-15(21)7-4-13)20(28)26-24-11-14-5-8-16(22)10-17(14)23/h3-8,10-12,18H,9H2,1-2H3,(H,25,27)(H,26,28). The summed E-state index contributed by atoms with van der Waals surface area (Å²) in [6.07, 6.45) is 1.88. The maximum Gasteiger partial charge on any atom is 0.262 e. The van der Waals surface area contributed by atoms with Gasteiger partial charge >= 0.3 is 0 Å². The minimum Gasteiger partial charge on any atom is -0.340 e. The first kappa shape index (κ1) is 22.2. The summed E-state index contributed by atoms with van der Waals surface area (Å²) in [6, 6.07) is 10.6. The van der Waals surface area contributed by atoms with Crippen molar-refractivity contribution < 1.29 is 9.59 Å². The van der Waals surface area contributed by atoms with E-state index in [2.05, 4.69) is 15.8 Å². The number of benzene rings is 2. The zero-order chi connectivity index (χ0) is 20.7. The van der Waals surface area contributed by atoms with Crippen LogP contribution in [0.1, 0.15) is 36.2 Å². The number of hydrogen-bond donors (Lipinski definition) is 2. The summed E-state index contributed by atoms with van der Waals surface area (Å²) < 4.78 is 0. The highest BCUT2D eigenvalue weighted by Gasteiger charge is 2.22. The van der Waals surface area contributed by atoms with Crippen molar-refractivity contribution in [2.75, 3.05) is 0 Å². The zero-order valence-corrected chi connectivity index (χ0v) is 17.6. The van der Waals surface area contributed by atoms with Gasteiger partial charge in [-0.25, -0.2) is 5.43 Å². The molecule has 1 atom stereocenters. The fourth-order valence-electron chi connectivity index (χ4n) is 2.40. The van der Waals surface area contributed by atoms with E-state index in [1.807, 2.05) is 13.8 Å². The molecule has 5 nitrogen and oxygen atoms in total. The molecule has 8 heteroatoms. The molecule has 0 aliphatic heterocycles. The maximum atomic E-state index is 12.5. The van der Waals surface area contributed by atoms with E-state index in [-0.39, 0.29) is 11.8 Å². The van der Waals surface area contributed by atoms with E-state index in [0.717, 1.165) is 0 Å². The topological polar surface area (TPSA) is 70.6 Å². The van der Waals surface area contributed by atoms with Gasteiger partial charge in [-0.1, -0.05) is 54.7 Å². The fraction of sp³-hybridized carbons (Fsp3) is 0.250. The third-order valence-corrected chi connectivity index (χ3v) is 4.59. The largest absolute Gasteiger partial charge is 0.340 e. The Morgan fingerprint density at radius 3 is 2.29 bits per heavy atom. The molecule has 0 aromatic heterocycles. The van der Waals surface area contributed by atoms with Crippen LogP contribution in [0, 0.1) is 5.92 Å². The number of hydrogen-bond acceptors (Lipinski definition) is 3. The second-order valence-electron chi connectivity index (χ2n) is 6.56. The van der Waals surface area contributed by atoms with Crippen LogP contribution in [-0.4, -0.2) is 24.1 Å². The quantitative estimate of drug-likeness (QED) is 0.473. The smallest absolute Gasteiger partial charge is 0.262 e. The molecule has 2 rings (SSSR count).